The average molecular weight is 241 g/mol. The summed E-state index contributed by atoms with van der Waals surface area (Å²) in [6.45, 7) is 2.03. The maximum Gasteiger partial charge on any atom is 0.345 e. The lowest BCUT2D eigenvalue weighted by Gasteiger charge is -2.01. The minimum Gasteiger partial charge on any atom is -0.311 e. The Morgan fingerprint density at radius 3 is 3.07 bits per heavy atom. The summed E-state index contributed by atoms with van der Waals surface area (Å²) in [5.41, 5.74) is 1.48. The van der Waals surface area contributed by atoms with Crippen LogP contribution in [-0.2, 0) is 6.42 Å². The zero-order valence-corrected chi connectivity index (χ0v) is 9.65. The first kappa shape index (κ1) is 10.4. The number of hydrogen-bond acceptors (Lipinski definition) is 3. The molecule has 0 aliphatic heterocycles. The minimum absolute atomic E-state index is 0.358. The third-order valence-corrected chi connectivity index (χ3v) is 3.48. The van der Waals surface area contributed by atoms with Crippen LogP contribution in [0.2, 0.25) is 5.02 Å². The van der Waals surface area contributed by atoms with Crippen LogP contribution in [-0.4, -0.2) is 9.97 Å². The van der Waals surface area contributed by atoms with Gasteiger partial charge < -0.3 is 4.98 Å². The zero-order valence-electron chi connectivity index (χ0n) is 8.08. The molecule has 0 atom stereocenters. The Morgan fingerprint density at radius 1 is 1.60 bits per heavy atom. The van der Waals surface area contributed by atoms with Crippen molar-refractivity contribution >= 4 is 22.9 Å². The summed E-state index contributed by atoms with van der Waals surface area (Å²) < 4.78 is 0. The fourth-order valence-corrected chi connectivity index (χ4v) is 2.35. The van der Waals surface area contributed by atoms with Crippen molar-refractivity contribution in [3.05, 3.63) is 49.3 Å². The Kier molecular flexibility index (Phi) is 2.88. The molecule has 0 aliphatic carbocycles. The molecular formula is C10H9ClN2OS. The van der Waals surface area contributed by atoms with Crippen molar-refractivity contribution in [2.75, 3.05) is 0 Å². The second-order valence-corrected chi connectivity index (χ2v) is 4.61. The van der Waals surface area contributed by atoms with E-state index in [1.54, 1.807) is 11.3 Å². The van der Waals surface area contributed by atoms with Gasteiger partial charge in [-0.1, -0.05) is 11.6 Å². The Bertz CT molecular complexity index is 532. The molecule has 0 unspecified atom stereocenters. The highest BCUT2D eigenvalue weighted by Crippen LogP contribution is 2.21. The molecule has 0 aromatic carbocycles. The number of nitrogens with one attached hydrogen (secondary N) is 1. The fraction of sp³-hybridized carbons (Fsp3) is 0.200. The Balaban J connectivity index is 2.36. The molecule has 3 nitrogen and oxygen atoms in total. The van der Waals surface area contributed by atoms with Crippen LogP contribution in [0.3, 0.4) is 0 Å². The van der Waals surface area contributed by atoms with Crippen molar-refractivity contribution in [1.82, 2.24) is 9.97 Å². The summed E-state index contributed by atoms with van der Waals surface area (Å²) in [5.74, 6) is 0. The van der Waals surface area contributed by atoms with Crippen LogP contribution < -0.4 is 5.69 Å². The number of H-pyrrole nitrogens is 1. The summed E-state index contributed by atoms with van der Waals surface area (Å²) in [6, 6.07) is 2.04. The summed E-state index contributed by atoms with van der Waals surface area (Å²) >= 11 is 7.59. The van der Waals surface area contributed by atoms with E-state index in [-0.39, 0.29) is 5.69 Å². The van der Waals surface area contributed by atoms with Gasteiger partial charge in [0.25, 0.3) is 0 Å². The van der Waals surface area contributed by atoms with Crippen molar-refractivity contribution in [1.29, 1.82) is 0 Å². The van der Waals surface area contributed by atoms with E-state index in [1.807, 2.05) is 18.4 Å². The molecule has 5 heteroatoms. The third kappa shape index (κ3) is 2.27. The molecule has 78 valence electrons. The first-order valence-electron chi connectivity index (χ1n) is 4.44. The Hall–Kier alpha value is -1.13. The van der Waals surface area contributed by atoms with Crippen LogP contribution in [0.15, 0.2) is 22.4 Å². The van der Waals surface area contributed by atoms with Crippen molar-refractivity contribution in [2.45, 2.75) is 13.3 Å². The van der Waals surface area contributed by atoms with Gasteiger partial charge in [0.05, 0.1) is 10.7 Å². The van der Waals surface area contributed by atoms with Gasteiger partial charge in [0.1, 0.15) is 0 Å². The van der Waals surface area contributed by atoms with Crippen molar-refractivity contribution in [2.24, 2.45) is 0 Å². The molecule has 0 fully saturated rings. The molecule has 2 heterocycles. The molecule has 2 aromatic heterocycles. The van der Waals surface area contributed by atoms with Crippen LogP contribution in [0.5, 0.6) is 0 Å². The van der Waals surface area contributed by atoms with Gasteiger partial charge in [0, 0.05) is 17.5 Å². The average Bonchev–Trinajstić information content (AvgIpc) is 2.58. The van der Waals surface area contributed by atoms with Gasteiger partial charge in [-0.2, -0.15) is 4.98 Å². The lowest BCUT2D eigenvalue weighted by Crippen LogP contribution is -2.12. The summed E-state index contributed by atoms with van der Waals surface area (Å²) in [6.07, 6.45) is 2.10. The number of thiophene rings is 1. The molecule has 0 aliphatic rings. The maximum atomic E-state index is 11.0. The second-order valence-electron chi connectivity index (χ2n) is 3.20. The number of nitrogens with zero attached hydrogens (tertiary/aromatic N) is 1. The predicted octanol–water partition coefficient (Wildman–Crippen LogP) is 2.38. The van der Waals surface area contributed by atoms with Gasteiger partial charge in [-0.05, 0) is 23.9 Å². The lowest BCUT2D eigenvalue weighted by molar-refractivity contribution is 0.982. The molecular weight excluding hydrogens is 232 g/mol. The standard InChI is InChI=1S/C10H9ClN2OS/c1-6-2-3-15-9(6)4-8-7(11)5-12-10(14)13-8/h2-3,5H,4H2,1H3,(H,12,13,14). The van der Waals surface area contributed by atoms with E-state index < -0.39 is 0 Å². The largest absolute Gasteiger partial charge is 0.345 e. The van der Waals surface area contributed by atoms with Crippen molar-refractivity contribution in [3.8, 4) is 0 Å². The van der Waals surface area contributed by atoms with Crippen molar-refractivity contribution < 1.29 is 0 Å². The predicted molar refractivity (Wildman–Crippen MR) is 61.7 cm³/mol. The number of hydrogen-bond donors (Lipinski definition) is 1. The SMILES string of the molecule is Cc1ccsc1Cc1nc(=O)[nH]cc1Cl. The second kappa shape index (κ2) is 4.16. The molecule has 0 saturated carbocycles. The first-order chi connectivity index (χ1) is 7.16. The summed E-state index contributed by atoms with van der Waals surface area (Å²) in [5, 5.41) is 2.52. The Morgan fingerprint density at radius 2 is 2.40 bits per heavy atom. The highest BCUT2D eigenvalue weighted by Gasteiger charge is 2.07. The monoisotopic (exact) mass is 240 g/mol. The number of aromatic nitrogens is 2. The zero-order chi connectivity index (χ0) is 10.8. The van der Waals surface area contributed by atoms with E-state index in [0.29, 0.717) is 17.1 Å². The van der Waals surface area contributed by atoms with Gasteiger partial charge in [-0.25, -0.2) is 4.79 Å². The van der Waals surface area contributed by atoms with Gasteiger partial charge >= 0.3 is 5.69 Å². The third-order valence-electron chi connectivity index (χ3n) is 2.13. The highest BCUT2D eigenvalue weighted by molar-refractivity contribution is 7.10. The van der Waals surface area contributed by atoms with E-state index >= 15 is 0 Å². The van der Waals surface area contributed by atoms with E-state index in [4.69, 9.17) is 11.6 Å². The molecule has 0 bridgehead atoms. The van der Waals surface area contributed by atoms with Gasteiger partial charge in [0.15, 0.2) is 0 Å². The van der Waals surface area contributed by atoms with Crippen LogP contribution in [0.25, 0.3) is 0 Å². The first-order valence-corrected chi connectivity index (χ1v) is 5.69. The van der Waals surface area contributed by atoms with Crippen LogP contribution in [0.1, 0.15) is 16.1 Å². The van der Waals surface area contributed by atoms with Crippen LogP contribution in [0, 0.1) is 6.92 Å². The quantitative estimate of drug-likeness (QED) is 0.876. The topological polar surface area (TPSA) is 45.8 Å². The molecule has 0 saturated heterocycles. The molecule has 1 N–H and O–H groups in total. The molecule has 15 heavy (non-hydrogen) atoms. The van der Waals surface area contributed by atoms with Gasteiger partial charge in [-0.15, -0.1) is 11.3 Å². The van der Waals surface area contributed by atoms with Crippen molar-refractivity contribution in [3.63, 3.8) is 0 Å². The van der Waals surface area contributed by atoms with Crippen LogP contribution in [0.4, 0.5) is 0 Å². The van der Waals surface area contributed by atoms with Crippen LogP contribution >= 0.6 is 22.9 Å². The lowest BCUT2D eigenvalue weighted by atomic mass is 10.2. The smallest absolute Gasteiger partial charge is 0.311 e. The summed E-state index contributed by atoms with van der Waals surface area (Å²) in [4.78, 5) is 18.5. The molecule has 2 rings (SSSR count). The molecule has 2 aromatic rings. The summed E-state index contributed by atoms with van der Waals surface area (Å²) in [7, 11) is 0. The van der Waals surface area contributed by atoms with E-state index in [2.05, 4.69) is 9.97 Å². The Labute approximate surface area is 95.8 Å². The maximum absolute atomic E-state index is 11.0. The molecule has 0 amide bonds. The number of halogens is 1. The van der Waals surface area contributed by atoms with E-state index in [1.165, 1.54) is 16.6 Å². The number of aromatic amines is 1. The molecule has 0 radical (unpaired) electrons. The van der Waals surface area contributed by atoms with E-state index in [0.717, 1.165) is 0 Å². The number of rotatable bonds is 2. The molecule has 0 spiro atoms. The highest BCUT2D eigenvalue weighted by atomic mass is 35.5. The minimum atomic E-state index is -0.358. The van der Waals surface area contributed by atoms with Gasteiger partial charge in [0.2, 0.25) is 0 Å². The normalized spacial score (nSPS) is 10.5. The van der Waals surface area contributed by atoms with E-state index in [9.17, 15) is 4.79 Å². The van der Waals surface area contributed by atoms with Gasteiger partial charge in [-0.3, -0.25) is 0 Å². The fourth-order valence-electron chi connectivity index (χ4n) is 1.28. The number of aryl methyl sites for hydroxylation is 1.